The Hall–Kier alpha value is -13.2. The Kier molecular flexibility index (Phi) is 12.0. The molecule has 97 heavy (non-hydrogen) atoms. The lowest BCUT2D eigenvalue weighted by atomic mass is 9.92. The molecule has 20 aromatic rings. The van der Waals surface area contributed by atoms with Crippen molar-refractivity contribution in [2.75, 3.05) is 0 Å². The van der Waals surface area contributed by atoms with E-state index in [1.807, 2.05) is 6.07 Å². The third kappa shape index (κ3) is 8.19. The number of aromatic nitrogens is 4. The third-order valence-electron chi connectivity index (χ3n) is 20.2. The van der Waals surface area contributed by atoms with Crippen LogP contribution >= 0.6 is 0 Å². The molecule has 6 heteroatoms. The summed E-state index contributed by atoms with van der Waals surface area (Å²) in [6.07, 6.45) is 0. The molecular formula is C91H55N5O. The maximum Gasteiger partial charge on any atom is 0.136 e. The Morgan fingerprint density at radius 3 is 0.825 bits per heavy atom. The quantitative estimate of drug-likeness (QED) is 0.145. The minimum absolute atomic E-state index is 0.481. The van der Waals surface area contributed by atoms with Crippen LogP contribution in [-0.2, 0) is 0 Å². The number of benzene rings is 15. The largest absolute Gasteiger partial charge is 0.456 e. The topological polar surface area (TPSA) is 56.6 Å². The second-order valence-corrected chi connectivity index (χ2v) is 25.4. The number of furan rings is 1. The molecule has 5 aromatic heterocycles. The zero-order valence-corrected chi connectivity index (χ0v) is 52.4. The summed E-state index contributed by atoms with van der Waals surface area (Å²) in [5.74, 6) is 0. The van der Waals surface area contributed by atoms with Crippen molar-refractivity contribution >= 4 is 109 Å². The van der Waals surface area contributed by atoms with Crippen LogP contribution in [0, 0.1) is 11.3 Å². The predicted octanol–water partition coefficient (Wildman–Crippen LogP) is 24.2. The molecule has 0 aliphatic rings. The van der Waals surface area contributed by atoms with Gasteiger partial charge in [0.25, 0.3) is 0 Å². The van der Waals surface area contributed by atoms with Gasteiger partial charge < -0.3 is 22.7 Å². The molecule has 0 spiro atoms. The van der Waals surface area contributed by atoms with Crippen LogP contribution in [0.2, 0.25) is 0 Å². The molecule has 0 bridgehead atoms. The molecule has 450 valence electrons. The van der Waals surface area contributed by atoms with E-state index in [-0.39, 0.29) is 0 Å². The summed E-state index contributed by atoms with van der Waals surface area (Å²) in [4.78, 5) is 0. The monoisotopic (exact) mass is 1230 g/mol. The lowest BCUT2D eigenvalue weighted by molar-refractivity contribution is 0.669. The van der Waals surface area contributed by atoms with Crippen LogP contribution in [-0.4, -0.2) is 18.3 Å². The number of nitriles is 1. The van der Waals surface area contributed by atoms with Crippen molar-refractivity contribution < 1.29 is 4.42 Å². The molecule has 5 heterocycles. The second kappa shape index (κ2) is 21.4. The van der Waals surface area contributed by atoms with Crippen LogP contribution in [0.25, 0.3) is 188 Å². The number of rotatable bonds is 9. The number of para-hydroxylation sites is 5. The van der Waals surface area contributed by atoms with Crippen LogP contribution in [0.4, 0.5) is 0 Å². The minimum Gasteiger partial charge on any atom is -0.456 e. The molecule has 0 atom stereocenters. The van der Waals surface area contributed by atoms with E-state index in [0.717, 1.165) is 188 Å². The van der Waals surface area contributed by atoms with Gasteiger partial charge in [-0.15, -0.1) is 0 Å². The number of fused-ring (bicyclic) bond motifs is 15. The normalized spacial score (nSPS) is 11.9. The Bertz CT molecular complexity index is 6340. The van der Waals surface area contributed by atoms with Crippen molar-refractivity contribution in [2.24, 2.45) is 0 Å². The zero-order chi connectivity index (χ0) is 63.8. The van der Waals surface area contributed by atoms with Crippen molar-refractivity contribution in [3.8, 4) is 84.5 Å². The van der Waals surface area contributed by atoms with Gasteiger partial charge in [-0.1, -0.05) is 267 Å². The first-order valence-electron chi connectivity index (χ1n) is 33.0. The van der Waals surface area contributed by atoms with Crippen LogP contribution < -0.4 is 0 Å². The molecule has 6 nitrogen and oxygen atoms in total. The van der Waals surface area contributed by atoms with Crippen molar-refractivity contribution in [2.45, 2.75) is 0 Å². The van der Waals surface area contributed by atoms with E-state index in [1.54, 1.807) is 0 Å². The first-order chi connectivity index (χ1) is 48.1. The fourth-order valence-electron chi connectivity index (χ4n) is 15.9. The standard InChI is InChI=1S/C91H55N5O/c92-56-76-88(93-77-36-18-13-31-66(77)70-46-41-61(51-81(70)93)57-23-5-1-6-24-57)90(95-79-38-20-15-33-68(79)72-48-43-63(53-83(72)95)59-27-9-3-10-28-59)87(65-45-50-75-74-35-17-22-40-85(74)97-86(75)55-65)91(96-80-39-21-16-34-69(80)73-49-44-64(54-84(73)96)60-29-11-4-12-30-60)89(76)94-78-37-19-14-32-67(78)71-47-42-62(52-82(71)94)58-25-7-2-8-26-58/h1-55H. The molecule has 0 radical (unpaired) electrons. The lowest BCUT2D eigenvalue weighted by Crippen LogP contribution is -2.16. The van der Waals surface area contributed by atoms with E-state index in [2.05, 4.69) is 352 Å². The highest BCUT2D eigenvalue weighted by Crippen LogP contribution is 2.53. The average molecular weight is 1230 g/mol. The van der Waals surface area contributed by atoms with Gasteiger partial charge in [-0.05, 0) is 117 Å². The Balaban J connectivity index is 1.10. The summed E-state index contributed by atoms with van der Waals surface area (Å²) in [7, 11) is 0. The van der Waals surface area contributed by atoms with Gasteiger partial charge in [0.15, 0.2) is 0 Å². The van der Waals surface area contributed by atoms with Crippen molar-refractivity contribution in [3.63, 3.8) is 0 Å². The van der Waals surface area contributed by atoms with E-state index in [1.165, 1.54) is 0 Å². The molecule has 0 unspecified atom stereocenters. The summed E-state index contributed by atoms with van der Waals surface area (Å²) in [6, 6.07) is 124. The van der Waals surface area contributed by atoms with Crippen LogP contribution in [0.3, 0.4) is 0 Å². The average Bonchev–Trinajstić information content (AvgIpc) is 1.61. The van der Waals surface area contributed by atoms with E-state index in [0.29, 0.717) is 5.56 Å². The molecule has 0 N–H and O–H groups in total. The van der Waals surface area contributed by atoms with Crippen molar-refractivity contribution in [1.29, 1.82) is 5.26 Å². The minimum atomic E-state index is 0.481. The molecule has 0 aliphatic heterocycles. The van der Waals surface area contributed by atoms with Gasteiger partial charge in [0.1, 0.15) is 22.8 Å². The maximum atomic E-state index is 13.6. The molecule has 0 saturated carbocycles. The fourth-order valence-corrected chi connectivity index (χ4v) is 15.9. The first-order valence-corrected chi connectivity index (χ1v) is 33.0. The number of hydrogen-bond donors (Lipinski definition) is 0. The van der Waals surface area contributed by atoms with Crippen LogP contribution in [0.5, 0.6) is 0 Å². The first kappa shape index (κ1) is 54.4. The molecule has 20 rings (SSSR count). The van der Waals surface area contributed by atoms with Gasteiger partial charge in [0.05, 0.1) is 66.9 Å². The highest BCUT2D eigenvalue weighted by molar-refractivity contribution is 6.19. The second-order valence-electron chi connectivity index (χ2n) is 25.4. The van der Waals surface area contributed by atoms with Gasteiger partial charge in [0, 0.05) is 59.4 Å². The summed E-state index contributed by atoms with van der Waals surface area (Å²) in [6.45, 7) is 0. The van der Waals surface area contributed by atoms with Gasteiger partial charge in [-0.2, -0.15) is 5.26 Å². The van der Waals surface area contributed by atoms with Crippen molar-refractivity contribution in [1.82, 2.24) is 18.3 Å². The lowest BCUT2D eigenvalue weighted by Gasteiger charge is -2.29. The maximum absolute atomic E-state index is 13.6. The summed E-state index contributed by atoms with van der Waals surface area (Å²) in [5, 5.41) is 24.2. The fraction of sp³-hybridized carbons (Fsp3) is 0. The number of nitrogens with zero attached hydrogens (tertiary/aromatic N) is 5. The molecule has 0 saturated heterocycles. The Labute approximate surface area is 557 Å². The third-order valence-corrected chi connectivity index (χ3v) is 20.2. The molecule has 15 aromatic carbocycles. The molecular weight excluding hydrogens is 1180 g/mol. The summed E-state index contributed by atoms with van der Waals surface area (Å²) >= 11 is 0. The van der Waals surface area contributed by atoms with Crippen LogP contribution in [0.15, 0.2) is 338 Å². The van der Waals surface area contributed by atoms with Gasteiger partial charge in [0.2, 0.25) is 0 Å². The van der Waals surface area contributed by atoms with Gasteiger partial charge in [-0.25, -0.2) is 0 Å². The predicted molar refractivity (Wildman–Crippen MR) is 403 cm³/mol. The Morgan fingerprint density at radius 2 is 0.474 bits per heavy atom. The molecule has 0 amide bonds. The van der Waals surface area contributed by atoms with Crippen molar-refractivity contribution in [3.05, 3.63) is 339 Å². The van der Waals surface area contributed by atoms with E-state index in [9.17, 15) is 5.26 Å². The Morgan fingerprint density at radius 1 is 0.206 bits per heavy atom. The van der Waals surface area contributed by atoms with E-state index < -0.39 is 0 Å². The zero-order valence-electron chi connectivity index (χ0n) is 52.4. The van der Waals surface area contributed by atoms with E-state index >= 15 is 0 Å². The highest BCUT2D eigenvalue weighted by atomic mass is 16.3. The molecule has 0 fully saturated rings. The molecule has 0 aliphatic carbocycles. The van der Waals surface area contributed by atoms with E-state index in [4.69, 9.17) is 4.42 Å². The van der Waals surface area contributed by atoms with Gasteiger partial charge in [-0.3, -0.25) is 0 Å². The summed E-state index contributed by atoms with van der Waals surface area (Å²) in [5.41, 5.74) is 23.4. The van der Waals surface area contributed by atoms with Gasteiger partial charge >= 0.3 is 0 Å². The SMILES string of the molecule is N#Cc1c(-n2c3ccccc3c3ccc(-c4ccccc4)cc32)c(-n2c3ccccc3c3ccc(-c4ccccc4)cc32)c(-c2ccc3c(c2)oc2ccccc23)c(-n2c3ccccc3c3ccc(-c4ccccc4)cc32)c1-n1c2ccccc2c2ccc(-c3ccccc3)cc21. The summed E-state index contributed by atoms with van der Waals surface area (Å²) < 4.78 is 17.0. The number of hydrogen-bond acceptors (Lipinski definition) is 2. The van der Waals surface area contributed by atoms with Crippen LogP contribution in [0.1, 0.15) is 5.56 Å². The highest BCUT2D eigenvalue weighted by Gasteiger charge is 2.36. The smallest absolute Gasteiger partial charge is 0.136 e.